The first-order valence-corrected chi connectivity index (χ1v) is 6.73. The first-order valence-electron chi connectivity index (χ1n) is 6.73. The summed E-state index contributed by atoms with van der Waals surface area (Å²) in [7, 11) is 2.00. The molecule has 0 aliphatic carbocycles. The Morgan fingerprint density at radius 3 is 2.56 bits per heavy atom. The van der Waals surface area contributed by atoms with E-state index in [1.54, 1.807) is 0 Å². The zero-order valence-electron chi connectivity index (χ0n) is 11.1. The molecule has 0 bridgehead atoms. The Balaban J connectivity index is 1.81. The average Bonchev–Trinajstić information content (AvgIpc) is 2.42. The maximum absolute atomic E-state index is 3.48. The molecule has 0 fully saturated rings. The molecule has 2 nitrogen and oxygen atoms in total. The van der Waals surface area contributed by atoms with Crippen molar-refractivity contribution in [1.29, 1.82) is 0 Å². The normalized spacial score (nSPS) is 10.9. The number of benzene rings is 2. The lowest BCUT2D eigenvalue weighted by molar-refractivity contribution is 0.625. The Bertz CT molecular complexity index is 479. The summed E-state index contributed by atoms with van der Waals surface area (Å²) in [5.41, 5.74) is 1.41. The summed E-state index contributed by atoms with van der Waals surface area (Å²) in [5.74, 6) is 0. The molecule has 2 aromatic rings. The van der Waals surface area contributed by atoms with Gasteiger partial charge >= 0.3 is 0 Å². The van der Waals surface area contributed by atoms with Crippen LogP contribution in [0.1, 0.15) is 12.0 Å². The van der Waals surface area contributed by atoms with Crippen LogP contribution >= 0.6 is 0 Å². The third-order valence-electron chi connectivity index (χ3n) is 3.18. The number of nitrogens with one attached hydrogen (secondary N) is 2. The molecule has 0 aromatic heterocycles. The molecule has 0 saturated heterocycles. The van der Waals surface area contributed by atoms with Crippen molar-refractivity contribution in [3.63, 3.8) is 0 Å². The van der Waals surface area contributed by atoms with Crippen LogP contribution in [-0.4, -0.2) is 26.7 Å². The topological polar surface area (TPSA) is 24.1 Å². The molecule has 0 radical (unpaired) electrons. The SMILES string of the molecule is CNCCCNCCc1ccc2ccccc2c1. The van der Waals surface area contributed by atoms with Gasteiger partial charge in [-0.2, -0.15) is 0 Å². The summed E-state index contributed by atoms with van der Waals surface area (Å²) in [4.78, 5) is 0. The number of fused-ring (bicyclic) bond motifs is 1. The molecular weight excluding hydrogens is 220 g/mol. The van der Waals surface area contributed by atoms with Gasteiger partial charge in [-0.25, -0.2) is 0 Å². The first-order chi connectivity index (χ1) is 8.90. The predicted molar refractivity (Wildman–Crippen MR) is 79.1 cm³/mol. The summed E-state index contributed by atoms with van der Waals surface area (Å²) in [6.45, 7) is 3.24. The van der Waals surface area contributed by atoms with E-state index in [1.165, 1.54) is 22.8 Å². The van der Waals surface area contributed by atoms with Crippen LogP contribution in [0.15, 0.2) is 42.5 Å². The fourth-order valence-electron chi connectivity index (χ4n) is 2.14. The molecule has 0 spiro atoms. The molecule has 0 aliphatic heterocycles. The van der Waals surface area contributed by atoms with Gasteiger partial charge in [-0.3, -0.25) is 0 Å². The minimum absolute atomic E-state index is 1.06. The van der Waals surface area contributed by atoms with Crippen molar-refractivity contribution >= 4 is 10.8 Å². The molecule has 0 unspecified atom stereocenters. The second-order valence-corrected chi connectivity index (χ2v) is 4.64. The maximum atomic E-state index is 3.48. The Morgan fingerprint density at radius 2 is 1.72 bits per heavy atom. The summed E-state index contributed by atoms with van der Waals surface area (Å²) < 4.78 is 0. The number of hydrogen-bond acceptors (Lipinski definition) is 2. The molecule has 96 valence electrons. The molecule has 0 saturated carbocycles. The van der Waals surface area contributed by atoms with Crippen molar-refractivity contribution in [3.05, 3.63) is 48.0 Å². The molecule has 2 rings (SSSR count). The van der Waals surface area contributed by atoms with E-state index in [-0.39, 0.29) is 0 Å². The van der Waals surface area contributed by atoms with E-state index in [0.29, 0.717) is 0 Å². The second kappa shape index (κ2) is 7.14. The Hall–Kier alpha value is -1.38. The third-order valence-corrected chi connectivity index (χ3v) is 3.18. The number of rotatable bonds is 7. The van der Waals surface area contributed by atoms with Crippen molar-refractivity contribution in [2.24, 2.45) is 0 Å². The molecule has 0 atom stereocenters. The largest absolute Gasteiger partial charge is 0.320 e. The van der Waals surface area contributed by atoms with E-state index in [9.17, 15) is 0 Å². The quantitative estimate of drug-likeness (QED) is 0.729. The van der Waals surface area contributed by atoms with Gasteiger partial charge in [-0.15, -0.1) is 0 Å². The average molecular weight is 242 g/mol. The van der Waals surface area contributed by atoms with Gasteiger partial charge in [0.15, 0.2) is 0 Å². The number of hydrogen-bond donors (Lipinski definition) is 2. The van der Waals surface area contributed by atoms with Crippen LogP contribution in [0.2, 0.25) is 0 Å². The van der Waals surface area contributed by atoms with E-state index in [2.05, 4.69) is 53.1 Å². The fourth-order valence-corrected chi connectivity index (χ4v) is 2.14. The van der Waals surface area contributed by atoms with Crippen LogP contribution in [0.25, 0.3) is 10.8 Å². The minimum Gasteiger partial charge on any atom is -0.320 e. The minimum atomic E-state index is 1.06. The Labute approximate surface area is 109 Å². The molecule has 0 amide bonds. The highest BCUT2D eigenvalue weighted by atomic mass is 14.9. The van der Waals surface area contributed by atoms with E-state index in [1.807, 2.05) is 7.05 Å². The highest BCUT2D eigenvalue weighted by Gasteiger charge is 1.96. The zero-order chi connectivity index (χ0) is 12.6. The molecule has 0 aliphatic rings. The van der Waals surface area contributed by atoms with Crippen LogP contribution < -0.4 is 10.6 Å². The summed E-state index contributed by atoms with van der Waals surface area (Å²) in [6, 6.07) is 15.3. The molecule has 0 heterocycles. The molecular formula is C16H22N2. The highest BCUT2D eigenvalue weighted by Crippen LogP contribution is 2.15. The van der Waals surface area contributed by atoms with Crippen molar-refractivity contribution in [2.75, 3.05) is 26.7 Å². The first kappa shape index (κ1) is 13.1. The van der Waals surface area contributed by atoms with Gasteiger partial charge < -0.3 is 10.6 Å². The fraction of sp³-hybridized carbons (Fsp3) is 0.375. The zero-order valence-corrected chi connectivity index (χ0v) is 11.1. The van der Waals surface area contributed by atoms with E-state index in [0.717, 1.165) is 26.1 Å². The van der Waals surface area contributed by atoms with Crippen LogP contribution in [0, 0.1) is 0 Å². The van der Waals surface area contributed by atoms with Gasteiger partial charge in [0.25, 0.3) is 0 Å². The summed E-state index contributed by atoms with van der Waals surface area (Å²) >= 11 is 0. The highest BCUT2D eigenvalue weighted by molar-refractivity contribution is 5.82. The third kappa shape index (κ3) is 3.83. The molecule has 2 aromatic carbocycles. The second-order valence-electron chi connectivity index (χ2n) is 4.64. The van der Waals surface area contributed by atoms with E-state index in [4.69, 9.17) is 0 Å². The monoisotopic (exact) mass is 242 g/mol. The summed E-state index contributed by atoms with van der Waals surface area (Å²) in [5, 5.41) is 9.29. The van der Waals surface area contributed by atoms with E-state index >= 15 is 0 Å². The van der Waals surface area contributed by atoms with Gasteiger partial charge in [0.2, 0.25) is 0 Å². The maximum Gasteiger partial charge on any atom is -0.000834 e. The lowest BCUT2D eigenvalue weighted by Crippen LogP contribution is -2.21. The Kier molecular flexibility index (Phi) is 5.18. The molecule has 2 N–H and O–H groups in total. The van der Waals surface area contributed by atoms with Crippen molar-refractivity contribution in [3.8, 4) is 0 Å². The lowest BCUT2D eigenvalue weighted by Gasteiger charge is -2.06. The van der Waals surface area contributed by atoms with Gasteiger partial charge in [0.1, 0.15) is 0 Å². The van der Waals surface area contributed by atoms with Gasteiger partial charge in [-0.05, 0) is 55.9 Å². The van der Waals surface area contributed by atoms with Crippen LogP contribution in [-0.2, 0) is 6.42 Å². The predicted octanol–water partition coefficient (Wildman–Crippen LogP) is 2.58. The van der Waals surface area contributed by atoms with Crippen LogP contribution in [0.4, 0.5) is 0 Å². The van der Waals surface area contributed by atoms with Gasteiger partial charge in [0.05, 0.1) is 0 Å². The van der Waals surface area contributed by atoms with Crippen LogP contribution in [0.5, 0.6) is 0 Å². The van der Waals surface area contributed by atoms with Crippen molar-refractivity contribution < 1.29 is 0 Å². The molecule has 18 heavy (non-hydrogen) atoms. The van der Waals surface area contributed by atoms with Crippen LogP contribution in [0.3, 0.4) is 0 Å². The van der Waals surface area contributed by atoms with E-state index < -0.39 is 0 Å². The lowest BCUT2D eigenvalue weighted by atomic mass is 10.1. The van der Waals surface area contributed by atoms with Crippen molar-refractivity contribution in [1.82, 2.24) is 10.6 Å². The standard InChI is InChI=1S/C16H22N2/c1-17-10-4-11-18-12-9-14-7-8-15-5-2-3-6-16(15)13-14/h2-3,5-8,13,17-18H,4,9-12H2,1H3. The smallest absolute Gasteiger partial charge is 0.000834 e. The summed E-state index contributed by atoms with van der Waals surface area (Å²) in [6.07, 6.45) is 2.29. The van der Waals surface area contributed by atoms with Crippen molar-refractivity contribution in [2.45, 2.75) is 12.8 Å². The van der Waals surface area contributed by atoms with Gasteiger partial charge in [-0.1, -0.05) is 42.5 Å². The van der Waals surface area contributed by atoms with Gasteiger partial charge in [0, 0.05) is 0 Å². The molecule has 2 heteroatoms. The Morgan fingerprint density at radius 1 is 0.889 bits per heavy atom.